The summed E-state index contributed by atoms with van der Waals surface area (Å²) in [6.07, 6.45) is -0.585. The summed E-state index contributed by atoms with van der Waals surface area (Å²) in [7, 11) is 0. The number of amides is 1. The molecule has 2 aliphatic heterocycles. The largest absolute Gasteiger partial charge is 0.508 e. The molecule has 1 saturated carbocycles. The highest BCUT2D eigenvalue weighted by Crippen LogP contribution is 2.47. The summed E-state index contributed by atoms with van der Waals surface area (Å²) in [5, 5.41) is 10.0. The number of rotatable bonds is 3. The summed E-state index contributed by atoms with van der Waals surface area (Å²) < 4.78 is 20.1. The number of nitrogens with zero attached hydrogens (tertiary/aromatic N) is 1. The van der Waals surface area contributed by atoms with Gasteiger partial charge in [-0.15, -0.1) is 0 Å². The molecule has 0 saturated heterocycles. The molecule has 5 rings (SSSR count). The molecular formula is C24H22FNO4. The van der Waals surface area contributed by atoms with Crippen LogP contribution >= 0.6 is 0 Å². The zero-order chi connectivity index (χ0) is 20.8. The second-order valence-corrected chi connectivity index (χ2v) is 8.20. The second kappa shape index (κ2) is 7.27. The van der Waals surface area contributed by atoms with Gasteiger partial charge in [-0.05, 0) is 42.5 Å². The molecule has 3 aliphatic rings. The predicted octanol–water partition coefficient (Wildman–Crippen LogP) is 3.84. The van der Waals surface area contributed by atoms with Crippen LogP contribution in [-0.4, -0.2) is 34.0 Å². The number of hydrogen-bond acceptors (Lipinski definition) is 4. The third-order valence-corrected chi connectivity index (χ3v) is 6.26. The third-order valence-electron chi connectivity index (χ3n) is 6.26. The minimum atomic E-state index is -1.03. The highest BCUT2D eigenvalue weighted by atomic mass is 19.1. The monoisotopic (exact) mass is 407 g/mol. The van der Waals surface area contributed by atoms with E-state index < -0.39 is 24.2 Å². The standard InChI is InChI=1S/C24H22FNO4/c25-16-9-10-19-18(12-16)22(28)20-21(15-7-4-8-17(27)11-15)26(24(29)23(20)30-19)13-14-5-2-1-3-6-14/h1-8,11,16,18-19,21,27H,9-10,12-13H2. The van der Waals surface area contributed by atoms with E-state index in [2.05, 4.69) is 0 Å². The van der Waals surface area contributed by atoms with Crippen LogP contribution in [0, 0.1) is 5.92 Å². The molecule has 4 atom stereocenters. The van der Waals surface area contributed by atoms with Crippen LogP contribution in [-0.2, 0) is 20.9 Å². The number of benzene rings is 2. The van der Waals surface area contributed by atoms with Crippen molar-refractivity contribution in [2.45, 2.75) is 44.1 Å². The maximum Gasteiger partial charge on any atom is 0.290 e. The van der Waals surface area contributed by atoms with Gasteiger partial charge in [0.2, 0.25) is 0 Å². The smallest absolute Gasteiger partial charge is 0.290 e. The second-order valence-electron chi connectivity index (χ2n) is 8.20. The molecule has 1 aliphatic carbocycles. The Balaban J connectivity index is 1.59. The van der Waals surface area contributed by atoms with Gasteiger partial charge in [0.1, 0.15) is 18.0 Å². The molecule has 0 radical (unpaired) electrons. The van der Waals surface area contributed by atoms with Crippen molar-refractivity contribution in [1.82, 2.24) is 4.90 Å². The molecule has 30 heavy (non-hydrogen) atoms. The molecule has 1 amide bonds. The fourth-order valence-electron chi connectivity index (χ4n) is 4.85. The fourth-order valence-corrected chi connectivity index (χ4v) is 4.85. The van der Waals surface area contributed by atoms with Gasteiger partial charge in [-0.3, -0.25) is 9.59 Å². The van der Waals surface area contributed by atoms with E-state index in [0.717, 1.165) is 5.56 Å². The molecule has 0 spiro atoms. The molecule has 0 bridgehead atoms. The Morgan fingerprint density at radius 1 is 1.07 bits per heavy atom. The quantitative estimate of drug-likeness (QED) is 0.840. The molecule has 2 aromatic carbocycles. The summed E-state index contributed by atoms with van der Waals surface area (Å²) in [5.74, 6) is -0.978. The number of phenols is 1. The van der Waals surface area contributed by atoms with E-state index in [4.69, 9.17) is 4.74 Å². The number of Topliss-reactive ketones (excluding diaryl/α,β-unsaturated/α-hetero) is 1. The highest BCUT2D eigenvalue weighted by molar-refractivity contribution is 6.11. The van der Waals surface area contributed by atoms with Gasteiger partial charge in [0.25, 0.3) is 5.91 Å². The number of halogens is 1. The number of alkyl halides is 1. The number of hydrogen-bond donors (Lipinski definition) is 1. The average Bonchev–Trinajstić information content (AvgIpc) is 3.02. The number of carbonyl (C=O) groups excluding carboxylic acids is 2. The molecule has 2 heterocycles. The van der Waals surface area contributed by atoms with E-state index in [-0.39, 0.29) is 35.2 Å². The lowest BCUT2D eigenvalue weighted by molar-refractivity contribution is -0.136. The Kier molecular flexibility index (Phi) is 4.57. The number of aromatic hydroxyl groups is 1. The van der Waals surface area contributed by atoms with E-state index in [0.29, 0.717) is 24.9 Å². The minimum Gasteiger partial charge on any atom is -0.508 e. The van der Waals surface area contributed by atoms with Crippen molar-refractivity contribution in [1.29, 1.82) is 0 Å². The van der Waals surface area contributed by atoms with E-state index in [1.165, 1.54) is 0 Å². The topological polar surface area (TPSA) is 66.8 Å². The van der Waals surface area contributed by atoms with E-state index >= 15 is 0 Å². The Morgan fingerprint density at radius 2 is 1.87 bits per heavy atom. The first kappa shape index (κ1) is 18.9. The van der Waals surface area contributed by atoms with Crippen molar-refractivity contribution in [2.75, 3.05) is 0 Å². The molecule has 4 unspecified atom stereocenters. The van der Waals surface area contributed by atoms with Gasteiger partial charge >= 0.3 is 0 Å². The zero-order valence-electron chi connectivity index (χ0n) is 16.3. The molecule has 154 valence electrons. The molecule has 0 aromatic heterocycles. The van der Waals surface area contributed by atoms with Gasteiger partial charge in [0.15, 0.2) is 11.5 Å². The number of phenolic OH excluding ortho intramolecular Hbond substituents is 1. The normalized spacial score (nSPS) is 28.2. The van der Waals surface area contributed by atoms with Crippen molar-refractivity contribution in [2.24, 2.45) is 5.92 Å². The summed E-state index contributed by atoms with van der Waals surface area (Å²) in [5.41, 5.74) is 1.84. The Hall–Kier alpha value is -3.15. The lowest BCUT2D eigenvalue weighted by Gasteiger charge is -2.36. The summed E-state index contributed by atoms with van der Waals surface area (Å²) in [6, 6.07) is 15.4. The zero-order valence-corrected chi connectivity index (χ0v) is 16.3. The van der Waals surface area contributed by atoms with Crippen LogP contribution in [0.3, 0.4) is 0 Å². The lowest BCUT2D eigenvalue weighted by Crippen LogP contribution is -2.42. The predicted molar refractivity (Wildman–Crippen MR) is 107 cm³/mol. The first-order valence-electron chi connectivity index (χ1n) is 10.3. The molecule has 6 heteroatoms. The maximum atomic E-state index is 14.1. The number of ketones is 1. The summed E-state index contributed by atoms with van der Waals surface area (Å²) >= 11 is 0. The Bertz CT molecular complexity index is 1030. The van der Waals surface area contributed by atoms with E-state index in [1.807, 2.05) is 30.3 Å². The average molecular weight is 407 g/mol. The molecule has 1 N–H and O–H groups in total. The van der Waals surface area contributed by atoms with Gasteiger partial charge in [-0.2, -0.15) is 0 Å². The van der Waals surface area contributed by atoms with Gasteiger partial charge in [-0.25, -0.2) is 4.39 Å². The molecular weight excluding hydrogens is 385 g/mol. The lowest BCUT2D eigenvalue weighted by atomic mass is 9.77. The summed E-state index contributed by atoms with van der Waals surface area (Å²) in [4.78, 5) is 28.4. The molecule has 1 fully saturated rings. The highest BCUT2D eigenvalue weighted by Gasteiger charge is 2.52. The van der Waals surface area contributed by atoms with Crippen LogP contribution in [0.1, 0.15) is 36.4 Å². The minimum absolute atomic E-state index is 0.0530. The van der Waals surface area contributed by atoms with Crippen LogP contribution in [0.2, 0.25) is 0 Å². The van der Waals surface area contributed by atoms with E-state index in [9.17, 15) is 19.1 Å². The van der Waals surface area contributed by atoms with Crippen molar-refractivity contribution < 1.29 is 23.8 Å². The van der Waals surface area contributed by atoms with Gasteiger partial charge in [-0.1, -0.05) is 42.5 Å². The summed E-state index contributed by atoms with van der Waals surface area (Å²) in [6.45, 7) is 0.296. The van der Waals surface area contributed by atoms with Crippen LogP contribution in [0.5, 0.6) is 5.75 Å². The van der Waals surface area contributed by atoms with Crippen molar-refractivity contribution in [3.8, 4) is 5.75 Å². The van der Waals surface area contributed by atoms with Crippen LogP contribution in [0.25, 0.3) is 0 Å². The van der Waals surface area contributed by atoms with Crippen molar-refractivity contribution >= 4 is 11.7 Å². The molecule has 5 nitrogen and oxygen atoms in total. The fraction of sp³-hybridized carbons (Fsp3) is 0.333. The van der Waals surface area contributed by atoms with Gasteiger partial charge in [0.05, 0.1) is 17.5 Å². The first-order valence-corrected chi connectivity index (χ1v) is 10.3. The van der Waals surface area contributed by atoms with Crippen molar-refractivity contribution in [3.63, 3.8) is 0 Å². The SMILES string of the molecule is O=C1C2=C(OC3CCC(F)CC13)C(=O)N(Cc1ccccc1)C2c1cccc(O)c1. The Morgan fingerprint density at radius 3 is 2.63 bits per heavy atom. The van der Waals surface area contributed by atoms with E-state index in [1.54, 1.807) is 29.2 Å². The maximum absolute atomic E-state index is 14.1. The first-order chi connectivity index (χ1) is 14.5. The van der Waals surface area contributed by atoms with Crippen molar-refractivity contribution in [3.05, 3.63) is 77.1 Å². The molecule has 2 aromatic rings. The van der Waals surface area contributed by atoms with Gasteiger partial charge in [0, 0.05) is 6.54 Å². The van der Waals surface area contributed by atoms with Crippen LogP contribution < -0.4 is 0 Å². The number of ether oxygens (including phenoxy) is 1. The van der Waals surface area contributed by atoms with Crippen LogP contribution in [0.4, 0.5) is 4.39 Å². The number of fused-ring (bicyclic) bond motifs is 1. The van der Waals surface area contributed by atoms with Gasteiger partial charge < -0.3 is 14.7 Å². The number of carbonyl (C=O) groups is 2. The third kappa shape index (κ3) is 3.07. The van der Waals surface area contributed by atoms with Crippen LogP contribution in [0.15, 0.2) is 65.9 Å². The Labute approximate surface area is 173 Å².